The number of carboxylic acid groups (broad SMARTS) is 1. The molecule has 2 aliphatic heterocycles. The molecule has 2 amide bonds. The lowest BCUT2D eigenvalue weighted by molar-refractivity contribution is -0.138. The van der Waals surface area contributed by atoms with Gasteiger partial charge in [0.05, 0.1) is 32.8 Å². The summed E-state index contributed by atoms with van der Waals surface area (Å²) in [4.78, 5) is 37.5. The molecule has 4 heterocycles. The van der Waals surface area contributed by atoms with Crippen LogP contribution in [-0.2, 0) is 27.4 Å². The van der Waals surface area contributed by atoms with Gasteiger partial charge in [0.2, 0.25) is 5.91 Å². The molecule has 0 bridgehead atoms. The normalized spacial score (nSPS) is 15.3. The van der Waals surface area contributed by atoms with E-state index in [0.29, 0.717) is 21.4 Å². The monoisotopic (exact) mass is 630 g/mol. The molecule has 4 rings (SSSR count). The fourth-order valence-electron chi connectivity index (χ4n) is 4.10. The van der Waals surface area contributed by atoms with E-state index in [1.54, 1.807) is 23.4 Å². The average Bonchev–Trinajstić information content (AvgIpc) is 3.32. The van der Waals surface area contributed by atoms with E-state index in [1.165, 1.54) is 4.68 Å². The highest BCUT2D eigenvalue weighted by Crippen LogP contribution is 2.19. The highest BCUT2D eigenvalue weighted by molar-refractivity contribution is 6.32. The van der Waals surface area contributed by atoms with Crippen LogP contribution >= 0.6 is 23.2 Å². The van der Waals surface area contributed by atoms with E-state index in [1.807, 2.05) is 39.5 Å². The summed E-state index contributed by atoms with van der Waals surface area (Å²) < 4.78 is 8.29. The minimum absolute atomic E-state index is 0.105. The first-order valence-corrected chi connectivity index (χ1v) is 14.6. The predicted molar refractivity (Wildman–Crippen MR) is 161 cm³/mol. The van der Waals surface area contributed by atoms with Gasteiger partial charge < -0.3 is 30.3 Å². The lowest BCUT2D eigenvalue weighted by Gasteiger charge is -2.30. The van der Waals surface area contributed by atoms with Gasteiger partial charge in [-0.05, 0) is 48.5 Å². The summed E-state index contributed by atoms with van der Waals surface area (Å²) in [5.41, 5.74) is 2.60. The third-order valence-corrected chi connectivity index (χ3v) is 7.49. The summed E-state index contributed by atoms with van der Waals surface area (Å²) in [6.07, 6.45) is -0.200. The first kappa shape index (κ1) is 35.3. The van der Waals surface area contributed by atoms with E-state index in [2.05, 4.69) is 20.8 Å². The van der Waals surface area contributed by atoms with Crippen molar-refractivity contribution >= 4 is 41.2 Å². The van der Waals surface area contributed by atoms with Crippen molar-refractivity contribution in [2.45, 2.75) is 67.2 Å². The Hall–Kier alpha value is -2.87. The summed E-state index contributed by atoms with van der Waals surface area (Å²) in [5.74, 6) is -0.814. The van der Waals surface area contributed by atoms with Crippen molar-refractivity contribution in [3.8, 4) is 0 Å². The number of nitrogens with one attached hydrogen (secondary N) is 2. The van der Waals surface area contributed by atoms with Crippen LogP contribution in [0.25, 0.3) is 0 Å². The van der Waals surface area contributed by atoms with Crippen LogP contribution in [0.4, 0.5) is 4.79 Å². The molecule has 2 aromatic rings. The molecular formula is C27H44Cl2N8O5. The van der Waals surface area contributed by atoms with Gasteiger partial charge in [0.1, 0.15) is 18.7 Å². The number of amides is 2. The number of carboxylic acids is 1. The van der Waals surface area contributed by atoms with E-state index >= 15 is 0 Å². The fourth-order valence-corrected chi connectivity index (χ4v) is 4.37. The van der Waals surface area contributed by atoms with E-state index < -0.39 is 5.97 Å². The fraction of sp³-hybridized carbons (Fsp3) is 0.667. The lowest BCUT2D eigenvalue weighted by Crippen LogP contribution is -2.48. The summed E-state index contributed by atoms with van der Waals surface area (Å²) in [7, 11) is 0. The second-order valence-electron chi connectivity index (χ2n) is 11.0. The molecule has 13 nitrogen and oxygen atoms in total. The molecular weight excluding hydrogens is 587 g/mol. The van der Waals surface area contributed by atoms with Gasteiger partial charge in [-0.3, -0.25) is 19.0 Å². The maximum Gasteiger partial charge on any atom is 0.410 e. The molecule has 0 aliphatic carbocycles. The van der Waals surface area contributed by atoms with Crippen LogP contribution in [-0.4, -0.2) is 110 Å². The topological polar surface area (TPSA) is 147 Å². The Morgan fingerprint density at radius 1 is 0.786 bits per heavy atom. The van der Waals surface area contributed by atoms with Crippen LogP contribution in [0.15, 0.2) is 0 Å². The molecule has 0 aromatic carbocycles. The van der Waals surface area contributed by atoms with Crippen LogP contribution in [0.5, 0.6) is 0 Å². The van der Waals surface area contributed by atoms with Crippen molar-refractivity contribution in [1.29, 1.82) is 0 Å². The Balaban J connectivity index is 0.000000225. The molecule has 3 N–H and O–H groups in total. The van der Waals surface area contributed by atoms with Crippen molar-refractivity contribution < 1.29 is 24.2 Å². The van der Waals surface area contributed by atoms with Gasteiger partial charge >= 0.3 is 12.1 Å². The van der Waals surface area contributed by atoms with Gasteiger partial charge in [0.25, 0.3) is 0 Å². The number of aryl methyl sites for hydroxylation is 2. The number of hydrogen-bond donors (Lipinski definition) is 3. The second kappa shape index (κ2) is 16.1. The Morgan fingerprint density at radius 2 is 1.19 bits per heavy atom. The number of rotatable bonds is 4. The zero-order valence-corrected chi connectivity index (χ0v) is 27.1. The molecule has 236 valence electrons. The number of carbonyl (C=O) groups is 3. The summed E-state index contributed by atoms with van der Waals surface area (Å²) >= 11 is 11.9. The highest BCUT2D eigenvalue weighted by Gasteiger charge is 2.23. The Kier molecular flexibility index (Phi) is 13.5. The predicted octanol–water partition coefficient (Wildman–Crippen LogP) is 2.65. The van der Waals surface area contributed by atoms with Gasteiger partial charge in [0, 0.05) is 52.4 Å². The Bertz CT molecular complexity index is 1210. The van der Waals surface area contributed by atoms with E-state index in [-0.39, 0.29) is 30.7 Å². The lowest BCUT2D eigenvalue weighted by atomic mass is 10.2. The standard InChI is InChI=1S/C11H17ClN4O.C9H18N2O2.C7H9ClN2O2/c1-8-11(12)9(2)16(14-8)7-10(17)15-5-3-13-4-6-15;1-9(2,3)13-8(12)11-6-4-10-5-7-11;1-4-7(8)5(2)10(9-4)3-6(11)12/h13H,3-7H2,1-2H3;10H,4-7H2,1-3H3;3H2,1-2H3,(H,11,12). The SMILES string of the molecule is CC(C)(C)OC(=O)N1CCNCC1.Cc1nn(CC(=O)N2CCNCC2)c(C)c1Cl.Cc1nn(CC(=O)O)c(C)c1Cl. The number of aliphatic carboxylic acids is 1. The van der Waals surface area contributed by atoms with Gasteiger partial charge in [-0.25, -0.2) is 4.79 Å². The first-order chi connectivity index (χ1) is 19.6. The largest absolute Gasteiger partial charge is 0.480 e. The van der Waals surface area contributed by atoms with Crippen molar-refractivity contribution in [2.24, 2.45) is 0 Å². The third-order valence-electron chi connectivity index (χ3n) is 6.39. The van der Waals surface area contributed by atoms with Crippen molar-refractivity contribution in [1.82, 2.24) is 40.0 Å². The number of halogens is 2. The minimum Gasteiger partial charge on any atom is -0.480 e. The second-order valence-corrected chi connectivity index (χ2v) is 11.8. The van der Waals surface area contributed by atoms with Crippen LogP contribution in [0.2, 0.25) is 10.0 Å². The van der Waals surface area contributed by atoms with E-state index in [0.717, 1.165) is 63.7 Å². The van der Waals surface area contributed by atoms with Crippen LogP contribution in [0, 0.1) is 27.7 Å². The number of ether oxygens (including phenoxy) is 1. The van der Waals surface area contributed by atoms with Crippen LogP contribution in [0.3, 0.4) is 0 Å². The number of hydrogen-bond acceptors (Lipinski definition) is 8. The highest BCUT2D eigenvalue weighted by atomic mass is 35.5. The van der Waals surface area contributed by atoms with Gasteiger partial charge in [-0.15, -0.1) is 0 Å². The molecule has 15 heteroatoms. The van der Waals surface area contributed by atoms with Gasteiger partial charge in [0.15, 0.2) is 0 Å². The molecule has 0 atom stereocenters. The summed E-state index contributed by atoms with van der Waals surface area (Å²) in [5, 5.41) is 24.3. The maximum absolute atomic E-state index is 12.0. The molecule has 42 heavy (non-hydrogen) atoms. The molecule has 0 saturated carbocycles. The quantitative estimate of drug-likeness (QED) is 0.464. The molecule has 2 aromatic heterocycles. The van der Waals surface area contributed by atoms with Crippen LogP contribution in [0.1, 0.15) is 43.5 Å². The number of nitrogens with zero attached hydrogens (tertiary/aromatic N) is 6. The van der Waals surface area contributed by atoms with E-state index in [9.17, 15) is 14.4 Å². The van der Waals surface area contributed by atoms with Crippen molar-refractivity contribution in [3.05, 3.63) is 32.8 Å². The molecule has 0 radical (unpaired) electrons. The number of piperazine rings is 2. The third kappa shape index (κ3) is 11.1. The number of aromatic nitrogens is 4. The Labute approximate surface area is 257 Å². The van der Waals surface area contributed by atoms with Crippen molar-refractivity contribution in [2.75, 3.05) is 52.4 Å². The summed E-state index contributed by atoms with van der Waals surface area (Å²) in [6, 6.07) is 0. The van der Waals surface area contributed by atoms with Crippen molar-refractivity contribution in [3.63, 3.8) is 0 Å². The zero-order chi connectivity index (χ0) is 31.6. The molecule has 0 spiro atoms. The number of carbonyl (C=O) groups excluding carboxylic acids is 2. The van der Waals surface area contributed by atoms with Gasteiger partial charge in [-0.1, -0.05) is 23.2 Å². The zero-order valence-electron chi connectivity index (χ0n) is 25.6. The van der Waals surface area contributed by atoms with E-state index in [4.69, 9.17) is 33.0 Å². The minimum atomic E-state index is -0.919. The molecule has 2 aliphatic rings. The maximum atomic E-state index is 12.0. The van der Waals surface area contributed by atoms with Crippen LogP contribution < -0.4 is 10.6 Å². The molecule has 0 unspecified atom stereocenters. The smallest absolute Gasteiger partial charge is 0.410 e. The molecule has 2 fully saturated rings. The van der Waals surface area contributed by atoms with Gasteiger partial charge in [-0.2, -0.15) is 10.2 Å². The Morgan fingerprint density at radius 3 is 1.55 bits per heavy atom. The average molecular weight is 632 g/mol. The molecule has 2 saturated heterocycles. The first-order valence-electron chi connectivity index (χ1n) is 13.9. The summed E-state index contributed by atoms with van der Waals surface area (Å²) in [6.45, 7) is 19.5.